The molecule has 1 saturated carbocycles. The highest BCUT2D eigenvalue weighted by Crippen LogP contribution is 2.51. The molecule has 2 aromatic carbocycles. The average molecular weight is 361 g/mol. The summed E-state index contributed by atoms with van der Waals surface area (Å²) in [6, 6.07) is 15.5. The van der Waals surface area contributed by atoms with E-state index in [1.165, 1.54) is 12.1 Å². The third-order valence-corrected chi connectivity index (χ3v) is 5.08. The van der Waals surface area contributed by atoms with Crippen molar-refractivity contribution < 1.29 is 18.0 Å². The lowest BCUT2D eigenvalue weighted by Crippen LogP contribution is -2.30. The molecular formula is C21H22F3NO. The minimum atomic E-state index is -4.39. The molecule has 1 amide bonds. The van der Waals surface area contributed by atoms with Crippen molar-refractivity contribution in [3.63, 3.8) is 0 Å². The molecule has 1 aliphatic rings. The van der Waals surface area contributed by atoms with Crippen molar-refractivity contribution >= 4 is 5.91 Å². The highest BCUT2D eigenvalue weighted by Gasteiger charge is 2.47. The maximum Gasteiger partial charge on any atom is 0.416 e. The van der Waals surface area contributed by atoms with Crippen molar-refractivity contribution in [1.29, 1.82) is 0 Å². The van der Waals surface area contributed by atoms with E-state index in [1.54, 1.807) is 6.07 Å². The molecule has 1 fully saturated rings. The van der Waals surface area contributed by atoms with E-state index in [-0.39, 0.29) is 29.2 Å². The van der Waals surface area contributed by atoms with E-state index in [1.807, 2.05) is 30.3 Å². The van der Waals surface area contributed by atoms with Crippen LogP contribution in [0.3, 0.4) is 0 Å². The number of carbonyl (C=O) groups excluding carboxylic acids is 1. The second-order valence-electron chi connectivity index (χ2n) is 6.79. The summed E-state index contributed by atoms with van der Waals surface area (Å²) >= 11 is 0. The number of amides is 1. The first-order chi connectivity index (χ1) is 12.4. The lowest BCUT2D eigenvalue weighted by molar-refractivity contribution is -0.138. The molecule has 3 unspecified atom stereocenters. The Morgan fingerprint density at radius 1 is 1.12 bits per heavy atom. The fourth-order valence-electron chi connectivity index (χ4n) is 3.48. The molecule has 2 aromatic rings. The first kappa shape index (κ1) is 18.5. The zero-order valence-corrected chi connectivity index (χ0v) is 14.6. The third kappa shape index (κ3) is 4.09. The molecule has 1 aliphatic carbocycles. The molecule has 26 heavy (non-hydrogen) atoms. The second-order valence-corrected chi connectivity index (χ2v) is 6.79. The van der Waals surface area contributed by atoms with Gasteiger partial charge in [-0.05, 0) is 36.0 Å². The van der Waals surface area contributed by atoms with E-state index < -0.39 is 11.7 Å². The second kappa shape index (κ2) is 7.52. The summed E-state index contributed by atoms with van der Waals surface area (Å²) in [5, 5.41) is 2.93. The molecule has 0 saturated heterocycles. The van der Waals surface area contributed by atoms with Gasteiger partial charge in [-0.3, -0.25) is 4.79 Å². The van der Waals surface area contributed by atoms with Crippen molar-refractivity contribution in [3.05, 3.63) is 71.3 Å². The minimum absolute atomic E-state index is 0.152. The summed E-state index contributed by atoms with van der Waals surface area (Å²) in [6.45, 7) is 2.56. The number of hydrogen-bond donors (Lipinski definition) is 1. The molecule has 0 spiro atoms. The van der Waals surface area contributed by atoms with Crippen LogP contribution in [0.25, 0.3) is 0 Å². The van der Waals surface area contributed by atoms with Crippen molar-refractivity contribution in [2.75, 3.05) is 6.54 Å². The molecule has 138 valence electrons. The Morgan fingerprint density at radius 2 is 1.77 bits per heavy atom. The van der Waals surface area contributed by atoms with Gasteiger partial charge in [-0.15, -0.1) is 0 Å². The summed E-state index contributed by atoms with van der Waals surface area (Å²) in [7, 11) is 0. The molecule has 0 aromatic heterocycles. The van der Waals surface area contributed by atoms with E-state index >= 15 is 0 Å². The lowest BCUT2D eigenvalue weighted by Gasteiger charge is -2.16. The molecule has 0 radical (unpaired) electrons. The number of hydrogen-bond acceptors (Lipinski definition) is 1. The topological polar surface area (TPSA) is 29.1 Å². The molecule has 5 heteroatoms. The Bertz CT molecular complexity index is 757. The summed E-state index contributed by atoms with van der Waals surface area (Å²) in [5.41, 5.74) is 0.760. The minimum Gasteiger partial charge on any atom is -0.355 e. The Hall–Kier alpha value is -2.30. The van der Waals surface area contributed by atoms with Gasteiger partial charge in [-0.2, -0.15) is 13.2 Å². The van der Waals surface area contributed by atoms with Crippen molar-refractivity contribution in [3.8, 4) is 0 Å². The van der Waals surface area contributed by atoms with Gasteiger partial charge < -0.3 is 5.32 Å². The van der Waals surface area contributed by atoms with Gasteiger partial charge in [-0.25, -0.2) is 0 Å². The first-order valence-electron chi connectivity index (χ1n) is 8.90. The van der Waals surface area contributed by atoms with Crippen LogP contribution in [0.1, 0.15) is 48.3 Å². The highest BCUT2D eigenvalue weighted by molar-refractivity contribution is 5.83. The monoisotopic (exact) mass is 361 g/mol. The first-order valence-corrected chi connectivity index (χ1v) is 8.90. The van der Waals surface area contributed by atoms with E-state index in [4.69, 9.17) is 0 Å². The summed E-state index contributed by atoms with van der Waals surface area (Å²) < 4.78 is 39.5. The largest absolute Gasteiger partial charge is 0.416 e. The van der Waals surface area contributed by atoms with Crippen molar-refractivity contribution in [2.45, 2.75) is 37.8 Å². The molecule has 1 N–H and O–H groups in total. The number of alkyl halides is 3. The number of carbonyl (C=O) groups is 1. The van der Waals surface area contributed by atoms with Gasteiger partial charge in [0.1, 0.15) is 0 Å². The number of nitrogens with one attached hydrogen (secondary N) is 1. The zero-order chi connectivity index (χ0) is 18.7. The predicted octanol–water partition coefficient (Wildman–Crippen LogP) is 5.12. The normalized spacial score (nSPS) is 20.5. The Labute approximate surface area is 151 Å². The zero-order valence-electron chi connectivity index (χ0n) is 14.6. The van der Waals surface area contributed by atoms with Crippen LogP contribution in [0, 0.1) is 5.92 Å². The maximum absolute atomic E-state index is 13.2. The molecule has 0 aliphatic heterocycles. The van der Waals surface area contributed by atoms with E-state index in [0.717, 1.165) is 18.1 Å². The predicted molar refractivity (Wildman–Crippen MR) is 94.8 cm³/mol. The Morgan fingerprint density at radius 3 is 2.42 bits per heavy atom. The van der Waals surface area contributed by atoms with E-state index in [0.29, 0.717) is 13.0 Å². The SMILES string of the molecule is CCC(CNC(=O)C1CC1c1ccccc1C(F)(F)F)c1ccccc1. The van der Waals surface area contributed by atoms with Crippen LogP contribution in [0.5, 0.6) is 0 Å². The van der Waals surface area contributed by atoms with Gasteiger partial charge >= 0.3 is 6.18 Å². The van der Waals surface area contributed by atoms with Gasteiger partial charge in [0.05, 0.1) is 5.56 Å². The van der Waals surface area contributed by atoms with Gasteiger partial charge in [0.15, 0.2) is 0 Å². The van der Waals surface area contributed by atoms with Gasteiger partial charge in [0, 0.05) is 18.4 Å². The molecule has 3 rings (SSSR count). The molecule has 0 heterocycles. The van der Waals surface area contributed by atoms with Crippen molar-refractivity contribution in [1.82, 2.24) is 5.32 Å². The average Bonchev–Trinajstić information content (AvgIpc) is 3.43. The Kier molecular flexibility index (Phi) is 5.35. The van der Waals surface area contributed by atoms with Crippen LogP contribution in [0.15, 0.2) is 54.6 Å². The maximum atomic E-state index is 13.2. The van der Waals surface area contributed by atoms with Crippen LogP contribution < -0.4 is 5.32 Å². The van der Waals surface area contributed by atoms with Gasteiger partial charge in [0.25, 0.3) is 0 Å². The third-order valence-electron chi connectivity index (χ3n) is 5.08. The number of halogens is 3. The molecule has 3 atom stereocenters. The quantitative estimate of drug-likeness (QED) is 0.760. The summed E-state index contributed by atoms with van der Waals surface area (Å²) in [4.78, 5) is 12.4. The summed E-state index contributed by atoms with van der Waals surface area (Å²) in [6.07, 6.45) is -3.03. The van der Waals surface area contributed by atoms with Crippen molar-refractivity contribution in [2.24, 2.45) is 5.92 Å². The van der Waals surface area contributed by atoms with Gasteiger partial charge in [-0.1, -0.05) is 55.5 Å². The van der Waals surface area contributed by atoms with Crippen LogP contribution >= 0.6 is 0 Å². The van der Waals surface area contributed by atoms with E-state index in [9.17, 15) is 18.0 Å². The van der Waals surface area contributed by atoms with E-state index in [2.05, 4.69) is 12.2 Å². The van der Waals surface area contributed by atoms with Crippen LogP contribution in [-0.4, -0.2) is 12.5 Å². The molecular weight excluding hydrogens is 339 g/mol. The smallest absolute Gasteiger partial charge is 0.355 e. The molecule has 2 nitrogen and oxygen atoms in total. The number of rotatable bonds is 6. The van der Waals surface area contributed by atoms with Crippen LogP contribution in [0.4, 0.5) is 13.2 Å². The fraction of sp³-hybridized carbons (Fsp3) is 0.381. The van der Waals surface area contributed by atoms with Gasteiger partial charge in [0.2, 0.25) is 5.91 Å². The number of benzene rings is 2. The van der Waals surface area contributed by atoms with Crippen LogP contribution in [-0.2, 0) is 11.0 Å². The standard InChI is InChI=1S/C21H22F3NO/c1-2-14(15-8-4-3-5-9-15)13-25-20(26)18-12-17(18)16-10-6-7-11-19(16)21(22,23)24/h3-11,14,17-18H,2,12-13H2,1H3,(H,25,26). The summed E-state index contributed by atoms with van der Waals surface area (Å²) in [5.74, 6) is -0.655. The molecule has 0 bridgehead atoms. The lowest BCUT2D eigenvalue weighted by atomic mass is 9.96. The highest BCUT2D eigenvalue weighted by atomic mass is 19.4. The fourth-order valence-corrected chi connectivity index (χ4v) is 3.48. The Balaban J connectivity index is 1.62. The van der Waals surface area contributed by atoms with Crippen LogP contribution in [0.2, 0.25) is 0 Å².